The van der Waals surface area contributed by atoms with Gasteiger partial charge in [-0.05, 0) is 50.9 Å². The highest BCUT2D eigenvalue weighted by molar-refractivity contribution is 5.80. The molecule has 1 unspecified atom stereocenters. The highest BCUT2D eigenvalue weighted by Crippen LogP contribution is 2.26. The fourth-order valence-electron chi connectivity index (χ4n) is 4.00. The summed E-state index contributed by atoms with van der Waals surface area (Å²) in [5.41, 5.74) is 0.959. The number of carbonyl (C=O) groups is 3. The molecule has 1 N–H and O–H groups in total. The lowest BCUT2D eigenvalue weighted by Crippen LogP contribution is -2.39. The predicted octanol–water partition coefficient (Wildman–Crippen LogP) is 2.91. The molecule has 1 saturated heterocycles. The Morgan fingerprint density at radius 2 is 1.81 bits per heavy atom. The number of nitrogens with zero attached hydrogens (tertiary/aromatic N) is 2. The van der Waals surface area contributed by atoms with E-state index in [4.69, 9.17) is 0 Å². The van der Waals surface area contributed by atoms with Crippen LogP contribution in [-0.4, -0.2) is 67.4 Å². The second-order valence-electron chi connectivity index (χ2n) is 7.99. The van der Waals surface area contributed by atoms with Crippen molar-refractivity contribution in [3.8, 4) is 0 Å². The summed E-state index contributed by atoms with van der Waals surface area (Å²) in [5.74, 6) is -0.369. The molecule has 0 radical (unpaired) electrons. The summed E-state index contributed by atoms with van der Waals surface area (Å²) in [6, 6.07) is 9.44. The maximum absolute atomic E-state index is 13.2. The van der Waals surface area contributed by atoms with Gasteiger partial charge in [0, 0.05) is 25.9 Å². The van der Waals surface area contributed by atoms with E-state index in [1.807, 2.05) is 35.2 Å². The van der Waals surface area contributed by atoms with Gasteiger partial charge in [-0.15, -0.1) is 0 Å². The number of benzene rings is 1. The van der Waals surface area contributed by atoms with E-state index in [1.165, 1.54) is 7.11 Å². The number of ether oxygens (including phenoxy) is 1. The van der Waals surface area contributed by atoms with E-state index in [0.717, 1.165) is 44.5 Å². The Kier molecular flexibility index (Phi) is 11.1. The average molecular weight is 432 g/mol. The van der Waals surface area contributed by atoms with Crippen LogP contribution in [0.25, 0.3) is 0 Å². The fraction of sp³-hybridized carbons (Fsp3) is 0.625. The van der Waals surface area contributed by atoms with E-state index in [0.29, 0.717) is 19.5 Å². The molecular weight excluding hydrogens is 394 g/mol. The second-order valence-corrected chi connectivity index (χ2v) is 7.99. The van der Waals surface area contributed by atoms with Crippen LogP contribution in [0.2, 0.25) is 0 Å². The van der Waals surface area contributed by atoms with Gasteiger partial charge in [-0.1, -0.05) is 37.3 Å². The maximum atomic E-state index is 13.2. The van der Waals surface area contributed by atoms with Gasteiger partial charge >= 0.3 is 5.97 Å². The molecule has 1 aromatic carbocycles. The predicted molar refractivity (Wildman–Crippen MR) is 120 cm³/mol. The van der Waals surface area contributed by atoms with Gasteiger partial charge < -0.3 is 19.9 Å². The van der Waals surface area contributed by atoms with Crippen molar-refractivity contribution < 1.29 is 19.1 Å². The van der Waals surface area contributed by atoms with Crippen molar-refractivity contribution in [1.82, 2.24) is 15.1 Å². The number of rotatable bonds is 6. The van der Waals surface area contributed by atoms with Gasteiger partial charge in [0.25, 0.3) is 0 Å². The smallest absolute Gasteiger partial charge is 0.305 e. The Balaban J connectivity index is 2.22. The standard InChI is InChI=1S/C24H37N3O4/c1-3-26-16-8-7-15-25-22(28)19-21(20-11-5-4-6-12-20)27(18-10-17-26)23(29)13-9-14-24(30)31-2/h4-6,11-12,21H,3,7-10,13-19H2,1-2H3,(H,25,28). The molecule has 0 bridgehead atoms. The number of nitrogens with one attached hydrogen (secondary N) is 1. The molecule has 1 aliphatic heterocycles. The van der Waals surface area contributed by atoms with Crippen LogP contribution >= 0.6 is 0 Å². The van der Waals surface area contributed by atoms with E-state index in [-0.39, 0.29) is 43.1 Å². The molecule has 0 saturated carbocycles. The first kappa shape index (κ1) is 24.9. The van der Waals surface area contributed by atoms with Gasteiger partial charge in [-0.2, -0.15) is 0 Å². The number of amides is 2. The van der Waals surface area contributed by atoms with Crippen molar-refractivity contribution in [2.45, 2.75) is 57.9 Å². The van der Waals surface area contributed by atoms with Crippen molar-refractivity contribution in [1.29, 1.82) is 0 Å². The largest absolute Gasteiger partial charge is 0.469 e. The molecule has 1 heterocycles. The third-order valence-corrected chi connectivity index (χ3v) is 5.80. The van der Waals surface area contributed by atoms with Crippen LogP contribution in [0.1, 0.15) is 63.5 Å². The number of hydrogen-bond donors (Lipinski definition) is 1. The molecule has 0 aliphatic carbocycles. The van der Waals surface area contributed by atoms with Gasteiger partial charge in [0.15, 0.2) is 0 Å². The Hall–Kier alpha value is -2.41. The molecule has 172 valence electrons. The lowest BCUT2D eigenvalue weighted by atomic mass is 10.00. The van der Waals surface area contributed by atoms with Gasteiger partial charge in [-0.3, -0.25) is 14.4 Å². The zero-order valence-electron chi connectivity index (χ0n) is 19.0. The van der Waals surface area contributed by atoms with E-state index in [9.17, 15) is 14.4 Å². The molecular formula is C24H37N3O4. The van der Waals surface area contributed by atoms with E-state index in [1.54, 1.807) is 0 Å². The quantitative estimate of drug-likeness (QED) is 0.701. The van der Waals surface area contributed by atoms with E-state index in [2.05, 4.69) is 21.9 Å². The van der Waals surface area contributed by atoms with Crippen LogP contribution in [0.5, 0.6) is 0 Å². The van der Waals surface area contributed by atoms with Crippen LogP contribution in [0.3, 0.4) is 0 Å². The van der Waals surface area contributed by atoms with Crippen molar-refractivity contribution in [3.05, 3.63) is 35.9 Å². The van der Waals surface area contributed by atoms with Gasteiger partial charge in [0.1, 0.15) is 0 Å². The molecule has 1 aliphatic rings. The lowest BCUT2D eigenvalue weighted by Gasteiger charge is -2.33. The van der Waals surface area contributed by atoms with Gasteiger partial charge in [-0.25, -0.2) is 0 Å². The first-order valence-electron chi connectivity index (χ1n) is 11.5. The Morgan fingerprint density at radius 3 is 2.52 bits per heavy atom. The SMILES string of the molecule is CCN1CCCCNC(=O)CC(c2ccccc2)N(C(=O)CCCC(=O)OC)CCC1. The molecule has 2 rings (SSSR count). The summed E-state index contributed by atoms with van der Waals surface area (Å²) in [7, 11) is 1.35. The number of esters is 1. The monoisotopic (exact) mass is 431 g/mol. The second kappa shape index (κ2) is 13.8. The molecule has 1 atom stereocenters. The minimum absolute atomic E-state index is 0.0246. The highest BCUT2D eigenvalue weighted by Gasteiger charge is 2.27. The van der Waals surface area contributed by atoms with Crippen LogP contribution in [0, 0.1) is 0 Å². The summed E-state index contributed by atoms with van der Waals surface area (Å²) in [4.78, 5) is 41.6. The summed E-state index contributed by atoms with van der Waals surface area (Å²) in [6.45, 7) is 6.29. The molecule has 2 amide bonds. The third kappa shape index (κ3) is 8.69. The topological polar surface area (TPSA) is 79.0 Å². The first-order chi connectivity index (χ1) is 15.0. The average Bonchev–Trinajstić information content (AvgIpc) is 2.80. The minimum Gasteiger partial charge on any atom is -0.469 e. The van der Waals surface area contributed by atoms with Crippen molar-refractivity contribution in [2.24, 2.45) is 0 Å². The van der Waals surface area contributed by atoms with Crippen molar-refractivity contribution in [2.75, 3.05) is 39.8 Å². The summed E-state index contributed by atoms with van der Waals surface area (Å²) in [6.07, 6.45) is 4.01. The molecule has 7 heteroatoms. The number of carbonyl (C=O) groups excluding carboxylic acids is 3. The van der Waals surface area contributed by atoms with E-state index < -0.39 is 0 Å². The van der Waals surface area contributed by atoms with Crippen molar-refractivity contribution in [3.63, 3.8) is 0 Å². The highest BCUT2D eigenvalue weighted by atomic mass is 16.5. The molecule has 1 fully saturated rings. The van der Waals surface area contributed by atoms with Crippen molar-refractivity contribution >= 4 is 17.8 Å². The molecule has 31 heavy (non-hydrogen) atoms. The minimum atomic E-state index is -0.317. The zero-order chi connectivity index (χ0) is 22.5. The number of methoxy groups -OCH3 is 1. The molecule has 0 aromatic heterocycles. The zero-order valence-corrected chi connectivity index (χ0v) is 19.0. The van der Waals surface area contributed by atoms with Crippen LogP contribution in [0.15, 0.2) is 30.3 Å². The summed E-state index contributed by atoms with van der Waals surface area (Å²) in [5, 5.41) is 3.02. The van der Waals surface area contributed by atoms with E-state index >= 15 is 0 Å². The van der Waals surface area contributed by atoms with Gasteiger partial charge in [0.05, 0.1) is 19.6 Å². The molecule has 0 spiro atoms. The Morgan fingerprint density at radius 1 is 1.06 bits per heavy atom. The Bertz CT molecular complexity index is 695. The summed E-state index contributed by atoms with van der Waals surface area (Å²) >= 11 is 0. The maximum Gasteiger partial charge on any atom is 0.305 e. The number of hydrogen-bond acceptors (Lipinski definition) is 5. The summed E-state index contributed by atoms with van der Waals surface area (Å²) < 4.78 is 4.69. The molecule has 1 aromatic rings. The van der Waals surface area contributed by atoms with Gasteiger partial charge in [0.2, 0.25) is 11.8 Å². The molecule has 7 nitrogen and oxygen atoms in total. The van der Waals surface area contributed by atoms with Crippen LogP contribution in [-0.2, 0) is 19.1 Å². The lowest BCUT2D eigenvalue weighted by molar-refractivity contribution is -0.141. The third-order valence-electron chi connectivity index (χ3n) is 5.80. The first-order valence-corrected chi connectivity index (χ1v) is 11.5. The normalized spacial score (nSPS) is 19.5. The fourth-order valence-corrected chi connectivity index (χ4v) is 4.00. The van der Waals surface area contributed by atoms with Crippen LogP contribution in [0.4, 0.5) is 0 Å². The Labute approximate surface area is 186 Å². The van der Waals surface area contributed by atoms with Crippen LogP contribution < -0.4 is 5.32 Å².